The van der Waals surface area contributed by atoms with Gasteiger partial charge >= 0.3 is 0 Å². The van der Waals surface area contributed by atoms with E-state index in [1.807, 2.05) is 30.3 Å². The third-order valence-electron chi connectivity index (χ3n) is 3.46. The summed E-state index contributed by atoms with van der Waals surface area (Å²) in [5.74, 6) is 1.70. The molecule has 2 aromatic rings. The molecule has 0 amide bonds. The minimum absolute atomic E-state index is 0.222. The molecule has 0 heterocycles. The molecule has 0 saturated carbocycles. The quantitative estimate of drug-likeness (QED) is 0.867. The molecule has 0 aliphatic carbocycles. The SMILES string of the molecule is COc1ccc([C@H](C)NCc2cc(Cl)ccc2OC)cc1. The topological polar surface area (TPSA) is 30.5 Å². The fourth-order valence-electron chi connectivity index (χ4n) is 2.16. The molecule has 2 rings (SSSR count). The van der Waals surface area contributed by atoms with Gasteiger partial charge in [0.15, 0.2) is 0 Å². The van der Waals surface area contributed by atoms with E-state index in [0.29, 0.717) is 11.6 Å². The first kappa shape index (κ1) is 15.7. The van der Waals surface area contributed by atoms with E-state index in [9.17, 15) is 0 Å². The number of benzene rings is 2. The average Bonchev–Trinajstić information content (AvgIpc) is 2.52. The molecule has 1 atom stereocenters. The van der Waals surface area contributed by atoms with Crippen LogP contribution in [0.15, 0.2) is 42.5 Å². The molecule has 112 valence electrons. The summed E-state index contributed by atoms with van der Waals surface area (Å²) in [5, 5.41) is 4.19. The summed E-state index contributed by atoms with van der Waals surface area (Å²) in [5.41, 5.74) is 2.25. The maximum Gasteiger partial charge on any atom is 0.123 e. The Hall–Kier alpha value is -1.71. The van der Waals surface area contributed by atoms with Crippen LogP contribution in [0.5, 0.6) is 11.5 Å². The van der Waals surface area contributed by atoms with Gasteiger partial charge in [-0.1, -0.05) is 23.7 Å². The highest BCUT2D eigenvalue weighted by Gasteiger charge is 2.08. The Morgan fingerprint density at radius 3 is 2.38 bits per heavy atom. The number of rotatable bonds is 6. The van der Waals surface area contributed by atoms with Crippen molar-refractivity contribution >= 4 is 11.6 Å². The van der Waals surface area contributed by atoms with Crippen LogP contribution in [-0.2, 0) is 6.54 Å². The summed E-state index contributed by atoms with van der Waals surface area (Å²) in [6, 6.07) is 13.9. The molecule has 2 aromatic carbocycles. The van der Waals surface area contributed by atoms with Crippen LogP contribution in [-0.4, -0.2) is 14.2 Å². The lowest BCUT2D eigenvalue weighted by Crippen LogP contribution is -2.18. The summed E-state index contributed by atoms with van der Waals surface area (Å²) in [6.07, 6.45) is 0. The lowest BCUT2D eigenvalue weighted by atomic mass is 10.1. The molecule has 0 radical (unpaired) electrons. The molecule has 0 fully saturated rings. The van der Waals surface area contributed by atoms with E-state index in [1.54, 1.807) is 14.2 Å². The van der Waals surface area contributed by atoms with E-state index >= 15 is 0 Å². The van der Waals surface area contributed by atoms with Crippen molar-refractivity contribution in [3.8, 4) is 11.5 Å². The largest absolute Gasteiger partial charge is 0.497 e. The molecule has 0 aliphatic heterocycles. The second-order valence-electron chi connectivity index (χ2n) is 4.83. The molecule has 0 saturated heterocycles. The molecule has 3 nitrogen and oxygen atoms in total. The van der Waals surface area contributed by atoms with Crippen LogP contribution in [0.25, 0.3) is 0 Å². The van der Waals surface area contributed by atoms with E-state index < -0.39 is 0 Å². The molecule has 0 bridgehead atoms. The average molecular weight is 306 g/mol. The summed E-state index contributed by atoms with van der Waals surface area (Å²) in [4.78, 5) is 0. The molecule has 21 heavy (non-hydrogen) atoms. The van der Waals surface area contributed by atoms with Gasteiger partial charge in [-0.05, 0) is 42.8 Å². The van der Waals surface area contributed by atoms with Crippen LogP contribution in [0.3, 0.4) is 0 Å². The first-order chi connectivity index (χ1) is 10.1. The van der Waals surface area contributed by atoms with Crippen molar-refractivity contribution in [2.75, 3.05) is 14.2 Å². The van der Waals surface area contributed by atoms with Crippen LogP contribution in [0.1, 0.15) is 24.1 Å². The third kappa shape index (κ3) is 4.13. The fraction of sp³-hybridized carbons (Fsp3) is 0.294. The zero-order valence-electron chi connectivity index (χ0n) is 12.5. The first-order valence-electron chi connectivity index (χ1n) is 6.83. The van der Waals surface area contributed by atoms with Gasteiger partial charge in [0.1, 0.15) is 11.5 Å². The van der Waals surface area contributed by atoms with Gasteiger partial charge in [0, 0.05) is 23.2 Å². The summed E-state index contributed by atoms with van der Waals surface area (Å²) in [7, 11) is 3.34. The molecular weight excluding hydrogens is 286 g/mol. The Labute approximate surface area is 130 Å². The smallest absolute Gasteiger partial charge is 0.123 e. The van der Waals surface area contributed by atoms with E-state index in [4.69, 9.17) is 21.1 Å². The first-order valence-corrected chi connectivity index (χ1v) is 7.21. The Balaban J connectivity index is 2.03. The minimum Gasteiger partial charge on any atom is -0.497 e. The lowest BCUT2D eigenvalue weighted by Gasteiger charge is -2.16. The fourth-order valence-corrected chi connectivity index (χ4v) is 2.35. The number of ether oxygens (including phenoxy) is 2. The normalized spacial score (nSPS) is 12.0. The summed E-state index contributed by atoms with van der Waals surface area (Å²) in [6.45, 7) is 2.82. The second kappa shape index (κ2) is 7.34. The predicted octanol–water partition coefficient (Wildman–Crippen LogP) is 4.21. The zero-order valence-corrected chi connectivity index (χ0v) is 13.3. The van der Waals surface area contributed by atoms with Crippen LogP contribution in [0, 0.1) is 0 Å². The van der Waals surface area contributed by atoms with Crippen molar-refractivity contribution in [2.24, 2.45) is 0 Å². The van der Waals surface area contributed by atoms with Crippen LogP contribution in [0.2, 0.25) is 5.02 Å². The van der Waals surface area contributed by atoms with Crippen molar-refractivity contribution in [3.63, 3.8) is 0 Å². The van der Waals surface area contributed by atoms with Crippen LogP contribution in [0.4, 0.5) is 0 Å². The van der Waals surface area contributed by atoms with Crippen molar-refractivity contribution in [3.05, 3.63) is 58.6 Å². The molecule has 0 spiro atoms. The van der Waals surface area contributed by atoms with E-state index in [1.165, 1.54) is 5.56 Å². The number of hydrogen-bond acceptors (Lipinski definition) is 3. The van der Waals surface area contributed by atoms with Gasteiger partial charge in [-0.15, -0.1) is 0 Å². The third-order valence-corrected chi connectivity index (χ3v) is 3.69. The Morgan fingerprint density at radius 2 is 1.76 bits per heavy atom. The molecular formula is C17H20ClNO2. The lowest BCUT2D eigenvalue weighted by molar-refractivity contribution is 0.406. The number of halogens is 1. The summed E-state index contributed by atoms with van der Waals surface area (Å²) < 4.78 is 10.5. The van der Waals surface area contributed by atoms with Gasteiger partial charge < -0.3 is 14.8 Å². The maximum absolute atomic E-state index is 6.04. The predicted molar refractivity (Wildman–Crippen MR) is 86.3 cm³/mol. The highest BCUT2D eigenvalue weighted by atomic mass is 35.5. The Kier molecular flexibility index (Phi) is 5.48. The van der Waals surface area contributed by atoms with Crippen molar-refractivity contribution in [2.45, 2.75) is 19.5 Å². The maximum atomic E-state index is 6.04. The van der Waals surface area contributed by atoms with Gasteiger partial charge in [0.2, 0.25) is 0 Å². The van der Waals surface area contributed by atoms with Crippen LogP contribution >= 0.6 is 11.6 Å². The molecule has 0 unspecified atom stereocenters. The van der Waals surface area contributed by atoms with Gasteiger partial charge in [-0.25, -0.2) is 0 Å². The zero-order chi connectivity index (χ0) is 15.2. The van der Waals surface area contributed by atoms with Gasteiger partial charge in [-0.3, -0.25) is 0 Å². The summed E-state index contributed by atoms with van der Waals surface area (Å²) >= 11 is 6.04. The molecule has 1 N–H and O–H groups in total. The van der Waals surface area contributed by atoms with E-state index in [-0.39, 0.29) is 6.04 Å². The molecule has 0 aliphatic rings. The van der Waals surface area contributed by atoms with Gasteiger partial charge in [-0.2, -0.15) is 0 Å². The van der Waals surface area contributed by atoms with Crippen molar-refractivity contribution in [1.29, 1.82) is 0 Å². The number of hydrogen-bond donors (Lipinski definition) is 1. The standard InChI is InChI=1S/C17H20ClNO2/c1-12(13-4-7-16(20-2)8-5-13)19-11-14-10-15(18)6-9-17(14)21-3/h4-10,12,19H,11H2,1-3H3/t12-/m0/s1. The van der Waals surface area contributed by atoms with E-state index in [0.717, 1.165) is 17.1 Å². The highest BCUT2D eigenvalue weighted by molar-refractivity contribution is 6.30. The molecule has 0 aromatic heterocycles. The minimum atomic E-state index is 0.222. The highest BCUT2D eigenvalue weighted by Crippen LogP contribution is 2.24. The Bertz CT molecular complexity index is 584. The monoisotopic (exact) mass is 305 g/mol. The van der Waals surface area contributed by atoms with E-state index in [2.05, 4.69) is 24.4 Å². The van der Waals surface area contributed by atoms with Crippen molar-refractivity contribution < 1.29 is 9.47 Å². The van der Waals surface area contributed by atoms with Gasteiger partial charge in [0.25, 0.3) is 0 Å². The van der Waals surface area contributed by atoms with Crippen LogP contribution < -0.4 is 14.8 Å². The van der Waals surface area contributed by atoms with Gasteiger partial charge in [0.05, 0.1) is 14.2 Å². The molecule has 4 heteroatoms. The number of methoxy groups -OCH3 is 2. The van der Waals surface area contributed by atoms with Crippen molar-refractivity contribution in [1.82, 2.24) is 5.32 Å². The number of nitrogens with one attached hydrogen (secondary N) is 1. The Morgan fingerprint density at radius 1 is 1.05 bits per heavy atom. The second-order valence-corrected chi connectivity index (χ2v) is 5.27.